The lowest BCUT2D eigenvalue weighted by molar-refractivity contribution is -0.121. The molecular formula is C12H9Br2NO2S2. The van der Waals surface area contributed by atoms with Crippen LogP contribution in [0.5, 0.6) is 5.75 Å². The minimum atomic E-state index is -0.0715. The lowest BCUT2D eigenvalue weighted by atomic mass is 10.2. The van der Waals surface area contributed by atoms with Crippen molar-refractivity contribution in [2.75, 3.05) is 6.54 Å². The number of amides is 1. The number of hydrogen-bond acceptors (Lipinski definition) is 4. The van der Waals surface area contributed by atoms with E-state index in [1.807, 2.05) is 6.92 Å². The van der Waals surface area contributed by atoms with Crippen molar-refractivity contribution in [1.82, 2.24) is 4.90 Å². The third-order valence-corrected chi connectivity index (χ3v) is 5.11. The van der Waals surface area contributed by atoms with Gasteiger partial charge in [-0.3, -0.25) is 9.69 Å². The van der Waals surface area contributed by atoms with Crippen LogP contribution in [0.2, 0.25) is 0 Å². The SMILES string of the molecule is CCN1C(=O)/C(=C\c2cc(Br)c(O)c(Br)c2)SC1=S. The summed E-state index contributed by atoms with van der Waals surface area (Å²) in [6.45, 7) is 2.46. The molecule has 0 spiro atoms. The molecule has 7 heteroatoms. The Morgan fingerprint density at radius 1 is 1.42 bits per heavy atom. The molecular weight excluding hydrogens is 414 g/mol. The van der Waals surface area contributed by atoms with Gasteiger partial charge in [-0.25, -0.2) is 0 Å². The summed E-state index contributed by atoms with van der Waals surface area (Å²) in [5, 5.41) is 9.65. The van der Waals surface area contributed by atoms with Crippen LogP contribution in [0.3, 0.4) is 0 Å². The number of carbonyl (C=O) groups excluding carboxylic acids is 1. The van der Waals surface area contributed by atoms with E-state index in [0.717, 1.165) is 5.56 Å². The van der Waals surface area contributed by atoms with Crippen molar-refractivity contribution >= 4 is 72.1 Å². The number of halogens is 2. The zero-order valence-corrected chi connectivity index (χ0v) is 14.6. The van der Waals surface area contributed by atoms with Crippen LogP contribution in [0, 0.1) is 0 Å². The molecule has 1 aliphatic rings. The molecule has 1 amide bonds. The van der Waals surface area contributed by atoms with Gasteiger partial charge in [-0.15, -0.1) is 0 Å². The summed E-state index contributed by atoms with van der Waals surface area (Å²) < 4.78 is 1.72. The van der Waals surface area contributed by atoms with Gasteiger partial charge in [0.25, 0.3) is 5.91 Å². The van der Waals surface area contributed by atoms with Gasteiger partial charge < -0.3 is 5.11 Å². The molecule has 1 aromatic carbocycles. The topological polar surface area (TPSA) is 40.5 Å². The van der Waals surface area contributed by atoms with Gasteiger partial charge in [-0.2, -0.15) is 0 Å². The molecule has 1 N–H and O–H groups in total. The monoisotopic (exact) mass is 421 g/mol. The van der Waals surface area contributed by atoms with E-state index in [-0.39, 0.29) is 11.7 Å². The number of phenolic OH excluding ortho intramolecular Hbond substituents is 1. The van der Waals surface area contributed by atoms with E-state index in [4.69, 9.17) is 12.2 Å². The minimum Gasteiger partial charge on any atom is -0.506 e. The zero-order chi connectivity index (χ0) is 14.2. The summed E-state index contributed by atoms with van der Waals surface area (Å²) >= 11 is 13.0. The summed E-state index contributed by atoms with van der Waals surface area (Å²) in [4.78, 5) is 14.2. The van der Waals surface area contributed by atoms with E-state index in [1.165, 1.54) is 11.8 Å². The van der Waals surface area contributed by atoms with Crippen molar-refractivity contribution in [1.29, 1.82) is 0 Å². The summed E-state index contributed by atoms with van der Waals surface area (Å²) in [6, 6.07) is 3.50. The average molecular weight is 423 g/mol. The largest absolute Gasteiger partial charge is 0.506 e. The van der Waals surface area contributed by atoms with E-state index >= 15 is 0 Å². The molecule has 1 heterocycles. The first-order valence-corrected chi connectivity index (χ1v) is 8.18. The first-order valence-electron chi connectivity index (χ1n) is 5.37. The maximum Gasteiger partial charge on any atom is 0.266 e. The fourth-order valence-corrected chi connectivity index (χ4v) is 4.20. The molecule has 0 unspecified atom stereocenters. The number of phenols is 1. The number of benzene rings is 1. The number of thiocarbonyl (C=S) groups is 1. The van der Waals surface area contributed by atoms with Gasteiger partial charge in [0.05, 0.1) is 13.9 Å². The Balaban J connectivity index is 2.38. The molecule has 0 saturated carbocycles. The molecule has 19 heavy (non-hydrogen) atoms. The molecule has 0 atom stereocenters. The Morgan fingerprint density at radius 3 is 2.47 bits per heavy atom. The van der Waals surface area contributed by atoms with Crippen LogP contribution >= 0.6 is 55.8 Å². The Bertz CT molecular complexity index is 578. The number of rotatable bonds is 2. The Morgan fingerprint density at radius 2 is 2.00 bits per heavy atom. The zero-order valence-electron chi connectivity index (χ0n) is 9.81. The van der Waals surface area contributed by atoms with Crippen molar-refractivity contribution in [2.24, 2.45) is 0 Å². The first kappa shape index (κ1) is 15.0. The highest BCUT2D eigenvalue weighted by atomic mass is 79.9. The molecule has 2 rings (SSSR count). The summed E-state index contributed by atoms with van der Waals surface area (Å²) in [5.41, 5.74) is 0.813. The number of thioether (sulfide) groups is 1. The van der Waals surface area contributed by atoms with E-state index in [1.54, 1.807) is 23.1 Å². The second-order valence-electron chi connectivity index (χ2n) is 3.76. The number of likely N-dealkylation sites (N-methyl/N-ethyl adjacent to an activating group) is 1. The molecule has 3 nitrogen and oxygen atoms in total. The van der Waals surface area contributed by atoms with Crippen molar-refractivity contribution in [2.45, 2.75) is 6.92 Å². The maximum absolute atomic E-state index is 12.1. The predicted molar refractivity (Wildman–Crippen MR) is 89.1 cm³/mol. The molecule has 1 aromatic rings. The van der Waals surface area contributed by atoms with Crippen LogP contribution in [0.15, 0.2) is 26.0 Å². The second-order valence-corrected chi connectivity index (χ2v) is 7.14. The summed E-state index contributed by atoms with van der Waals surface area (Å²) in [7, 11) is 0. The first-order chi connectivity index (χ1) is 8.93. The Hall–Kier alpha value is -0.370. The van der Waals surface area contributed by atoms with Crippen LogP contribution < -0.4 is 0 Å². The van der Waals surface area contributed by atoms with E-state index < -0.39 is 0 Å². The fourth-order valence-electron chi connectivity index (χ4n) is 1.59. The number of hydrogen-bond donors (Lipinski definition) is 1. The molecule has 0 radical (unpaired) electrons. The van der Waals surface area contributed by atoms with Crippen LogP contribution in [-0.4, -0.2) is 26.8 Å². The third-order valence-electron chi connectivity index (χ3n) is 2.53. The van der Waals surface area contributed by atoms with Crippen LogP contribution in [0.25, 0.3) is 6.08 Å². The molecule has 1 saturated heterocycles. The lowest BCUT2D eigenvalue weighted by Crippen LogP contribution is -2.27. The van der Waals surface area contributed by atoms with E-state index in [0.29, 0.717) is 24.7 Å². The highest BCUT2D eigenvalue weighted by molar-refractivity contribution is 9.11. The van der Waals surface area contributed by atoms with Crippen LogP contribution in [-0.2, 0) is 4.79 Å². The van der Waals surface area contributed by atoms with E-state index in [9.17, 15) is 9.90 Å². The number of aromatic hydroxyl groups is 1. The van der Waals surface area contributed by atoms with Gasteiger partial charge >= 0.3 is 0 Å². The number of nitrogens with zero attached hydrogens (tertiary/aromatic N) is 1. The van der Waals surface area contributed by atoms with Gasteiger partial charge in [0, 0.05) is 6.54 Å². The predicted octanol–water partition coefficient (Wildman–Crippen LogP) is 4.14. The van der Waals surface area contributed by atoms with E-state index in [2.05, 4.69) is 31.9 Å². The minimum absolute atomic E-state index is 0.0715. The standard InChI is InChI=1S/C12H9Br2NO2S2/c1-2-15-11(17)9(19-12(15)18)5-6-3-7(13)10(16)8(14)4-6/h3-5,16H,2H2,1H3/b9-5+. The van der Waals surface area contributed by atoms with Crippen LogP contribution in [0.4, 0.5) is 0 Å². The fraction of sp³-hybridized carbons (Fsp3) is 0.167. The molecule has 0 aliphatic carbocycles. The van der Waals surface area contributed by atoms with Gasteiger partial charge in [0.1, 0.15) is 10.1 Å². The molecule has 0 bridgehead atoms. The smallest absolute Gasteiger partial charge is 0.266 e. The summed E-state index contributed by atoms with van der Waals surface area (Å²) in [6.07, 6.45) is 1.77. The molecule has 100 valence electrons. The normalized spacial score (nSPS) is 17.6. The highest BCUT2D eigenvalue weighted by Gasteiger charge is 2.30. The lowest BCUT2D eigenvalue weighted by Gasteiger charge is -2.09. The third kappa shape index (κ3) is 3.04. The van der Waals surface area contributed by atoms with Crippen molar-refractivity contribution in [3.63, 3.8) is 0 Å². The second kappa shape index (κ2) is 5.95. The molecule has 0 aromatic heterocycles. The maximum atomic E-state index is 12.1. The van der Waals surface area contributed by atoms with Gasteiger partial charge in [-0.1, -0.05) is 24.0 Å². The van der Waals surface area contributed by atoms with Crippen molar-refractivity contribution in [3.8, 4) is 5.75 Å². The number of carbonyl (C=O) groups is 1. The average Bonchev–Trinajstić information content (AvgIpc) is 2.61. The quantitative estimate of drug-likeness (QED) is 0.574. The van der Waals surface area contributed by atoms with Crippen molar-refractivity contribution in [3.05, 3.63) is 31.5 Å². The van der Waals surface area contributed by atoms with Gasteiger partial charge in [-0.05, 0) is 62.6 Å². The summed E-state index contributed by atoms with van der Waals surface area (Å²) in [5.74, 6) is 0.0658. The van der Waals surface area contributed by atoms with Crippen LogP contribution in [0.1, 0.15) is 12.5 Å². The molecule has 1 fully saturated rings. The van der Waals surface area contributed by atoms with Crippen molar-refractivity contribution < 1.29 is 9.90 Å². The Kier molecular flexibility index (Phi) is 4.70. The van der Waals surface area contributed by atoms with Gasteiger partial charge in [0.2, 0.25) is 0 Å². The Labute approximate surface area is 137 Å². The van der Waals surface area contributed by atoms with Gasteiger partial charge in [0.15, 0.2) is 0 Å². The highest BCUT2D eigenvalue weighted by Crippen LogP contribution is 2.36. The molecule has 1 aliphatic heterocycles.